The van der Waals surface area contributed by atoms with Crippen molar-refractivity contribution in [3.63, 3.8) is 0 Å². The number of amides is 3. The monoisotopic (exact) mass is 330 g/mol. The van der Waals surface area contributed by atoms with Crippen LogP contribution >= 0.6 is 15.9 Å². The van der Waals surface area contributed by atoms with Gasteiger partial charge in [0.05, 0.1) is 6.33 Å². The summed E-state index contributed by atoms with van der Waals surface area (Å²) in [6, 6.07) is -0.284. The minimum Gasteiger partial charge on any atom is -0.351 e. The summed E-state index contributed by atoms with van der Waals surface area (Å²) < 4.78 is 0. The van der Waals surface area contributed by atoms with Gasteiger partial charge in [-0.05, 0) is 20.3 Å². The summed E-state index contributed by atoms with van der Waals surface area (Å²) in [6.45, 7) is 6.12. The molecule has 7 heteroatoms. The van der Waals surface area contributed by atoms with Gasteiger partial charge in [0.25, 0.3) is 5.91 Å². The lowest BCUT2D eigenvalue weighted by Gasteiger charge is -2.28. The molecule has 0 radical (unpaired) electrons. The van der Waals surface area contributed by atoms with Crippen LogP contribution in [0.25, 0.3) is 0 Å². The molecule has 1 atom stereocenters. The number of halogens is 1. The number of urea groups is 1. The molecule has 0 aromatic carbocycles. The first-order chi connectivity index (χ1) is 8.85. The predicted octanol–water partition coefficient (Wildman–Crippen LogP) is 1.90. The van der Waals surface area contributed by atoms with Gasteiger partial charge in [-0.3, -0.25) is 10.1 Å². The fraction of sp³-hybridized carbons (Fsp3) is 0.583. The number of hydrogen-bond donors (Lipinski definition) is 2. The van der Waals surface area contributed by atoms with Crippen LogP contribution in [0.3, 0.4) is 0 Å². The highest BCUT2D eigenvalue weighted by Gasteiger charge is 2.44. The van der Waals surface area contributed by atoms with Crippen molar-refractivity contribution < 1.29 is 9.59 Å². The fourth-order valence-corrected chi connectivity index (χ4v) is 1.80. The van der Waals surface area contributed by atoms with Gasteiger partial charge in [-0.2, -0.15) is 0 Å². The van der Waals surface area contributed by atoms with Gasteiger partial charge in [0.15, 0.2) is 0 Å². The summed E-state index contributed by atoms with van der Waals surface area (Å²) >= 11 is 3.41. The third kappa shape index (κ3) is 4.34. The van der Waals surface area contributed by atoms with Gasteiger partial charge in [-0.15, -0.1) is 0 Å². The van der Waals surface area contributed by atoms with Gasteiger partial charge < -0.3 is 9.88 Å². The van der Waals surface area contributed by atoms with Crippen LogP contribution in [0.15, 0.2) is 18.7 Å². The smallest absolute Gasteiger partial charge is 0.324 e. The molecule has 1 aliphatic rings. The molecule has 2 N–H and O–H groups in total. The molecule has 3 amide bonds. The molecule has 106 valence electrons. The molecular formula is C12H19BrN4O2. The third-order valence-corrected chi connectivity index (χ3v) is 3.31. The Balaban J connectivity index is 0.000000300. The molecule has 0 bridgehead atoms. The zero-order valence-electron chi connectivity index (χ0n) is 11.3. The van der Waals surface area contributed by atoms with Crippen LogP contribution in [0.1, 0.15) is 27.2 Å². The number of imide groups is 1. The minimum absolute atomic E-state index is 0.218. The number of carbonyl (C=O) groups excluding carboxylic acids is 2. The zero-order chi connectivity index (χ0) is 14.5. The minimum atomic E-state index is -0.709. The van der Waals surface area contributed by atoms with E-state index in [1.54, 1.807) is 37.5 Å². The summed E-state index contributed by atoms with van der Waals surface area (Å²) in [5, 5.41) is 2.31. The molecule has 2 heterocycles. The van der Waals surface area contributed by atoms with Gasteiger partial charge in [0.2, 0.25) is 0 Å². The first kappa shape index (κ1) is 15.7. The van der Waals surface area contributed by atoms with E-state index in [-0.39, 0.29) is 11.9 Å². The second kappa shape index (κ2) is 6.70. The number of aromatic nitrogens is 2. The molecular weight excluding hydrogens is 312 g/mol. The maximum absolute atomic E-state index is 11.4. The van der Waals surface area contributed by atoms with E-state index in [1.807, 2.05) is 6.92 Å². The van der Waals surface area contributed by atoms with Crippen LogP contribution in [0.2, 0.25) is 0 Å². The van der Waals surface area contributed by atoms with Crippen molar-refractivity contribution in [2.45, 2.75) is 37.6 Å². The van der Waals surface area contributed by atoms with Gasteiger partial charge in [-0.1, -0.05) is 22.9 Å². The Hall–Kier alpha value is -1.37. The van der Waals surface area contributed by atoms with Crippen LogP contribution in [0.5, 0.6) is 0 Å². The number of imidazole rings is 1. The highest BCUT2D eigenvalue weighted by Crippen LogP contribution is 2.21. The average molecular weight is 331 g/mol. The number of aromatic amines is 1. The van der Waals surface area contributed by atoms with E-state index < -0.39 is 5.54 Å². The average Bonchev–Trinajstić information content (AvgIpc) is 2.91. The second-order valence-corrected chi connectivity index (χ2v) is 6.36. The van der Waals surface area contributed by atoms with E-state index >= 15 is 0 Å². The second-order valence-electron chi connectivity index (χ2n) is 4.80. The van der Waals surface area contributed by atoms with Crippen molar-refractivity contribution in [2.24, 2.45) is 0 Å². The lowest BCUT2D eigenvalue weighted by molar-refractivity contribution is -0.125. The van der Waals surface area contributed by atoms with E-state index in [4.69, 9.17) is 0 Å². The number of carbonyl (C=O) groups is 2. The molecule has 6 nitrogen and oxygen atoms in total. The molecule has 0 saturated carbocycles. The van der Waals surface area contributed by atoms with E-state index in [0.717, 1.165) is 6.42 Å². The van der Waals surface area contributed by atoms with E-state index in [9.17, 15) is 9.59 Å². The van der Waals surface area contributed by atoms with Gasteiger partial charge in [0.1, 0.15) is 5.54 Å². The SMILES string of the molecule is CC(Br)CCN1C(=O)NC(=O)C1(C)C.c1c[nH]cn1. The Morgan fingerprint density at radius 1 is 1.47 bits per heavy atom. The number of nitrogens with one attached hydrogen (secondary N) is 2. The van der Waals surface area contributed by atoms with Crippen LogP contribution < -0.4 is 5.32 Å². The van der Waals surface area contributed by atoms with Crippen LogP contribution in [0, 0.1) is 0 Å². The third-order valence-electron chi connectivity index (χ3n) is 2.85. The molecule has 0 spiro atoms. The Morgan fingerprint density at radius 3 is 2.47 bits per heavy atom. The molecule has 1 aliphatic heterocycles. The van der Waals surface area contributed by atoms with Crippen molar-refractivity contribution in [3.05, 3.63) is 18.7 Å². The van der Waals surface area contributed by atoms with Crippen LogP contribution in [-0.4, -0.2) is 43.7 Å². The van der Waals surface area contributed by atoms with Crippen molar-refractivity contribution in [2.75, 3.05) is 6.54 Å². The molecule has 1 aromatic rings. The maximum Gasteiger partial charge on any atom is 0.324 e. The summed E-state index contributed by atoms with van der Waals surface area (Å²) in [5.74, 6) is -0.218. The van der Waals surface area contributed by atoms with Crippen molar-refractivity contribution in [1.82, 2.24) is 20.2 Å². The Labute approximate surface area is 121 Å². The maximum atomic E-state index is 11.4. The lowest BCUT2D eigenvalue weighted by atomic mass is 10.0. The first-order valence-electron chi connectivity index (χ1n) is 6.05. The highest BCUT2D eigenvalue weighted by atomic mass is 79.9. The van der Waals surface area contributed by atoms with Gasteiger partial charge >= 0.3 is 6.03 Å². The van der Waals surface area contributed by atoms with E-state index in [1.165, 1.54) is 0 Å². The Kier molecular flexibility index (Phi) is 5.53. The van der Waals surface area contributed by atoms with E-state index in [0.29, 0.717) is 11.4 Å². The molecule has 1 aromatic heterocycles. The lowest BCUT2D eigenvalue weighted by Crippen LogP contribution is -2.44. The van der Waals surface area contributed by atoms with Crippen molar-refractivity contribution in [1.29, 1.82) is 0 Å². The predicted molar refractivity (Wildman–Crippen MR) is 75.9 cm³/mol. The van der Waals surface area contributed by atoms with Crippen LogP contribution in [-0.2, 0) is 4.79 Å². The highest BCUT2D eigenvalue weighted by molar-refractivity contribution is 9.09. The summed E-state index contributed by atoms with van der Waals surface area (Å²) in [4.78, 5) is 31.1. The number of hydrogen-bond acceptors (Lipinski definition) is 3. The molecule has 19 heavy (non-hydrogen) atoms. The molecule has 2 rings (SSSR count). The quantitative estimate of drug-likeness (QED) is 0.656. The molecule has 1 unspecified atom stereocenters. The Morgan fingerprint density at radius 2 is 2.16 bits per heavy atom. The largest absolute Gasteiger partial charge is 0.351 e. The van der Waals surface area contributed by atoms with Gasteiger partial charge in [0, 0.05) is 23.8 Å². The number of H-pyrrole nitrogens is 1. The van der Waals surface area contributed by atoms with Gasteiger partial charge in [-0.25, -0.2) is 9.78 Å². The summed E-state index contributed by atoms with van der Waals surface area (Å²) in [6.07, 6.45) is 5.92. The van der Waals surface area contributed by atoms with E-state index in [2.05, 4.69) is 31.2 Å². The van der Waals surface area contributed by atoms with Crippen LogP contribution in [0.4, 0.5) is 4.79 Å². The fourth-order valence-electron chi connectivity index (χ4n) is 1.60. The first-order valence-corrected chi connectivity index (χ1v) is 6.97. The summed E-state index contributed by atoms with van der Waals surface area (Å²) in [7, 11) is 0. The standard InChI is InChI=1S/C9H15BrN2O2.C3H4N2/c1-6(10)4-5-12-8(14)11-7(13)9(12,2)3;1-2-5-3-4-1/h6H,4-5H2,1-3H3,(H,11,13,14);1-3H,(H,4,5). The molecule has 1 fully saturated rings. The zero-order valence-corrected chi connectivity index (χ0v) is 12.9. The Bertz CT molecular complexity index is 400. The number of nitrogens with zero attached hydrogens (tertiary/aromatic N) is 2. The van der Waals surface area contributed by atoms with Crippen molar-refractivity contribution in [3.8, 4) is 0 Å². The number of rotatable bonds is 3. The normalized spacial score (nSPS) is 18.6. The van der Waals surface area contributed by atoms with Crippen molar-refractivity contribution >= 4 is 27.9 Å². The number of alkyl halides is 1. The summed E-state index contributed by atoms with van der Waals surface area (Å²) in [5.41, 5.74) is -0.709. The molecule has 1 saturated heterocycles. The molecule has 0 aliphatic carbocycles. The topological polar surface area (TPSA) is 78.1 Å².